The minimum Gasteiger partial charge on any atom is -0.478 e. The molecule has 0 unspecified atom stereocenters. The average molecular weight is 300 g/mol. The molecule has 110 valence electrons. The number of sulfonamides is 1. The normalized spacial score (nSPS) is 11.1. The van der Waals surface area contributed by atoms with Gasteiger partial charge in [0.1, 0.15) is 0 Å². The molecule has 1 rings (SSSR count). The largest absolute Gasteiger partial charge is 0.478 e. The third kappa shape index (κ3) is 4.63. The number of rotatable bonds is 7. The van der Waals surface area contributed by atoms with Crippen LogP contribution in [-0.4, -0.2) is 38.5 Å². The molecule has 3 N–H and O–H groups in total. The van der Waals surface area contributed by atoms with Crippen molar-refractivity contribution in [3.63, 3.8) is 0 Å². The maximum absolute atomic E-state index is 11.9. The van der Waals surface area contributed by atoms with E-state index in [1.54, 1.807) is 0 Å². The predicted molar refractivity (Wildman–Crippen MR) is 71.9 cm³/mol. The number of carbonyl (C=O) groups excluding carboxylic acids is 1. The lowest BCUT2D eigenvalue weighted by Gasteiger charge is -2.07. The maximum atomic E-state index is 11.9. The van der Waals surface area contributed by atoms with E-state index in [9.17, 15) is 18.0 Å². The molecular weight excluding hydrogens is 284 g/mol. The highest BCUT2D eigenvalue weighted by molar-refractivity contribution is 7.89. The van der Waals surface area contributed by atoms with Gasteiger partial charge in [-0.3, -0.25) is 4.79 Å². The Labute approximate surface area is 117 Å². The Morgan fingerprint density at radius 3 is 2.60 bits per heavy atom. The van der Waals surface area contributed by atoms with E-state index in [4.69, 9.17) is 5.11 Å². The van der Waals surface area contributed by atoms with E-state index in [1.165, 1.54) is 18.2 Å². The fourth-order valence-electron chi connectivity index (χ4n) is 1.37. The van der Waals surface area contributed by atoms with Crippen LogP contribution in [0.25, 0.3) is 0 Å². The summed E-state index contributed by atoms with van der Waals surface area (Å²) in [6.45, 7) is 1.95. The number of hydrogen-bond acceptors (Lipinski definition) is 4. The van der Waals surface area contributed by atoms with Gasteiger partial charge in [-0.1, -0.05) is 13.0 Å². The summed E-state index contributed by atoms with van der Waals surface area (Å²) in [6.07, 6.45) is 0.749. The van der Waals surface area contributed by atoms with E-state index >= 15 is 0 Å². The molecular formula is C12H16N2O5S. The van der Waals surface area contributed by atoms with Gasteiger partial charge in [-0.2, -0.15) is 0 Å². The van der Waals surface area contributed by atoms with Gasteiger partial charge in [0.15, 0.2) is 0 Å². The van der Waals surface area contributed by atoms with Crippen LogP contribution in [0.5, 0.6) is 0 Å². The van der Waals surface area contributed by atoms with Gasteiger partial charge in [-0.15, -0.1) is 0 Å². The van der Waals surface area contributed by atoms with Gasteiger partial charge in [0, 0.05) is 6.54 Å². The minimum absolute atomic E-state index is 0.136. The van der Waals surface area contributed by atoms with Crippen LogP contribution >= 0.6 is 0 Å². The van der Waals surface area contributed by atoms with Crippen LogP contribution in [0.4, 0.5) is 0 Å². The summed E-state index contributed by atoms with van der Waals surface area (Å²) in [4.78, 5) is 21.9. The van der Waals surface area contributed by atoms with Gasteiger partial charge in [-0.05, 0) is 24.6 Å². The van der Waals surface area contributed by atoms with Crippen molar-refractivity contribution in [2.24, 2.45) is 0 Å². The zero-order chi connectivity index (χ0) is 15.2. The van der Waals surface area contributed by atoms with Gasteiger partial charge in [0.25, 0.3) is 0 Å². The Morgan fingerprint density at radius 1 is 1.30 bits per heavy atom. The lowest BCUT2D eigenvalue weighted by molar-refractivity contribution is -0.119. The molecule has 0 saturated carbocycles. The highest BCUT2D eigenvalue weighted by Crippen LogP contribution is 2.11. The molecule has 0 radical (unpaired) electrons. The lowest BCUT2D eigenvalue weighted by Crippen LogP contribution is -2.37. The standard InChI is InChI=1S/C12H16N2O5S/c1-2-6-13-11(15)8-14-20(18,19)10-5-3-4-9(7-10)12(16)17/h3-5,7,14H,2,6,8H2,1H3,(H,13,15)(H,16,17). The molecule has 0 heterocycles. The first-order valence-corrected chi connectivity index (χ1v) is 7.45. The molecule has 0 aromatic heterocycles. The van der Waals surface area contributed by atoms with Crippen molar-refractivity contribution < 1.29 is 23.1 Å². The van der Waals surface area contributed by atoms with Gasteiger partial charge in [0.05, 0.1) is 17.0 Å². The van der Waals surface area contributed by atoms with Crippen molar-refractivity contribution in [1.29, 1.82) is 0 Å². The summed E-state index contributed by atoms with van der Waals surface area (Å²) in [6, 6.07) is 4.91. The van der Waals surface area contributed by atoms with E-state index < -0.39 is 21.9 Å². The second kappa shape index (κ2) is 7.01. The van der Waals surface area contributed by atoms with Gasteiger partial charge in [0.2, 0.25) is 15.9 Å². The molecule has 0 aliphatic carbocycles. The van der Waals surface area contributed by atoms with Gasteiger partial charge in [-0.25, -0.2) is 17.9 Å². The molecule has 7 nitrogen and oxygen atoms in total. The highest BCUT2D eigenvalue weighted by Gasteiger charge is 2.17. The molecule has 0 atom stereocenters. The number of aromatic carboxylic acids is 1. The van der Waals surface area contributed by atoms with Crippen molar-refractivity contribution >= 4 is 21.9 Å². The first-order chi connectivity index (χ1) is 9.36. The van der Waals surface area contributed by atoms with E-state index in [2.05, 4.69) is 10.0 Å². The summed E-state index contributed by atoms with van der Waals surface area (Å²) in [5.41, 5.74) is -0.136. The number of hydrogen-bond donors (Lipinski definition) is 3. The molecule has 0 spiro atoms. The molecule has 1 aromatic carbocycles. The second-order valence-electron chi connectivity index (χ2n) is 4.01. The zero-order valence-corrected chi connectivity index (χ0v) is 11.7. The highest BCUT2D eigenvalue weighted by atomic mass is 32.2. The summed E-state index contributed by atoms with van der Waals surface area (Å²) in [7, 11) is -3.91. The molecule has 0 bridgehead atoms. The molecule has 1 amide bonds. The van der Waals surface area contributed by atoms with E-state index in [0.29, 0.717) is 6.54 Å². The molecule has 20 heavy (non-hydrogen) atoms. The molecule has 0 fully saturated rings. The third-order valence-electron chi connectivity index (χ3n) is 2.39. The van der Waals surface area contributed by atoms with Crippen LogP contribution in [0.2, 0.25) is 0 Å². The topological polar surface area (TPSA) is 113 Å². The Kier molecular flexibility index (Phi) is 5.66. The first kappa shape index (κ1) is 16.1. The maximum Gasteiger partial charge on any atom is 0.335 e. The first-order valence-electron chi connectivity index (χ1n) is 5.96. The summed E-state index contributed by atoms with van der Waals surface area (Å²) < 4.78 is 25.9. The lowest BCUT2D eigenvalue weighted by atomic mass is 10.2. The van der Waals surface area contributed by atoms with Crippen LogP contribution in [0.3, 0.4) is 0 Å². The second-order valence-corrected chi connectivity index (χ2v) is 5.77. The number of carbonyl (C=O) groups is 2. The van der Waals surface area contributed by atoms with Crippen LogP contribution in [-0.2, 0) is 14.8 Å². The quantitative estimate of drug-likeness (QED) is 0.665. The van der Waals surface area contributed by atoms with Crippen molar-refractivity contribution in [3.8, 4) is 0 Å². The zero-order valence-electron chi connectivity index (χ0n) is 10.9. The summed E-state index contributed by atoms with van der Waals surface area (Å²) in [5, 5.41) is 11.3. The van der Waals surface area contributed by atoms with Crippen LogP contribution in [0, 0.1) is 0 Å². The van der Waals surface area contributed by atoms with Crippen molar-refractivity contribution in [1.82, 2.24) is 10.0 Å². The van der Waals surface area contributed by atoms with Crippen LogP contribution in [0.15, 0.2) is 29.2 Å². The summed E-state index contributed by atoms with van der Waals surface area (Å²) in [5.74, 6) is -1.66. The van der Waals surface area contributed by atoms with E-state index in [1.807, 2.05) is 6.92 Å². The Balaban J connectivity index is 2.76. The fourth-order valence-corrected chi connectivity index (χ4v) is 2.39. The van der Waals surface area contributed by atoms with Crippen LogP contribution in [0.1, 0.15) is 23.7 Å². The Bertz CT molecular complexity index is 598. The number of nitrogens with one attached hydrogen (secondary N) is 2. The fraction of sp³-hybridized carbons (Fsp3) is 0.333. The molecule has 8 heteroatoms. The van der Waals surface area contributed by atoms with Gasteiger partial charge < -0.3 is 10.4 Å². The van der Waals surface area contributed by atoms with Gasteiger partial charge >= 0.3 is 5.97 Å². The Hall–Kier alpha value is -1.93. The number of carboxylic acid groups (broad SMARTS) is 1. The molecule has 0 aliphatic rings. The predicted octanol–water partition coefficient (Wildman–Crippen LogP) is 0.189. The molecule has 0 saturated heterocycles. The molecule has 0 aliphatic heterocycles. The monoisotopic (exact) mass is 300 g/mol. The minimum atomic E-state index is -3.91. The molecule has 1 aromatic rings. The number of carboxylic acids is 1. The van der Waals surface area contributed by atoms with E-state index in [0.717, 1.165) is 12.5 Å². The SMILES string of the molecule is CCCNC(=O)CNS(=O)(=O)c1cccc(C(=O)O)c1. The van der Waals surface area contributed by atoms with Crippen molar-refractivity contribution in [2.75, 3.05) is 13.1 Å². The third-order valence-corrected chi connectivity index (χ3v) is 3.79. The summed E-state index contributed by atoms with van der Waals surface area (Å²) >= 11 is 0. The number of amides is 1. The smallest absolute Gasteiger partial charge is 0.335 e. The number of benzene rings is 1. The van der Waals surface area contributed by atoms with Crippen molar-refractivity contribution in [2.45, 2.75) is 18.2 Å². The average Bonchev–Trinajstić information content (AvgIpc) is 2.43. The van der Waals surface area contributed by atoms with E-state index in [-0.39, 0.29) is 17.0 Å². The van der Waals surface area contributed by atoms with Crippen molar-refractivity contribution in [3.05, 3.63) is 29.8 Å². The van der Waals surface area contributed by atoms with Crippen LogP contribution < -0.4 is 10.0 Å². The Morgan fingerprint density at radius 2 is 2.00 bits per heavy atom.